The molecule has 6 rings (SSSR count). The number of hydrogen-bond acceptors (Lipinski definition) is 7. The number of para-hydroxylation sites is 1. The molecule has 1 saturated carbocycles. The third-order valence-electron chi connectivity index (χ3n) is 8.70. The summed E-state index contributed by atoms with van der Waals surface area (Å²) in [7, 11) is 1.79. The number of hydrogen-bond donors (Lipinski definition) is 0. The summed E-state index contributed by atoms with van der Waals surface area (Å²) in [6, 6.07) is 22.5. The number of carbonyl (C=O) groups is 1. The van der Waals surface area contributed by atoms with E-state index in [1.54, 1.807) is 18.9 Å². The van der Waals surface area contributed by atoms with Crippen LogP contribution in [0.1, 0.15) is 66.2 Å². The summed E-state index contributed by atoms with van der Waals surface area (Å²) < 4.78 is 13.3. The van der Waals surface area contributed by atoms with E-state index in [0.717, 1.165) is 85.7 Å². The number of fused-ring (bicyclic) bond motifs is 1. The molecule has 8 heteroatoms. The van der Waals surface area contributed by atoms with Crippen molar-refractivity contribution in [2.75, 3.05) is 49.8 Å². The number of methoxy groups -OCH3 is 1. The predicted octanol–water partition coefficient (Wildman–Crippen LogP) is 7.07. The van der Waals surface area contributed by atoms with Crippen LogP contribution in [-0.2, 0) is 16.1 Å². The number of benzene rings is 2. The first kappa shape index (κ1) is 29.9. The molecule has 0 spiro atoms. The third kappa shape index (κ3) is 7.14. The Morgan fingerprint density at radius 1 is 1.00 bits per heavy atom. The van der Waals surface area contributed by atoms with E-state index in [1.165, 1.54) is 12.0 Å². The summed E-state index contributed by atoms with van der Waals surface area (Å²) in [6.45, 7) is 4.00. The quantitative estimate of drug-likeness (QED) is 0.114. The minimum atomic E-state index is 0.0682. The second kappa shape index (κ2) is 14.5. The molecule has 0 bridgehead atoms. The smallest absolute Gasteiger partial charge is 0.191 e. The van der Waals surface area contributed by atoms with Crippen LogP contribution in [0.2, 0.25) is 0 Å². The van der Waals surface area contributed by atoms with E-state index in [9.17, 15) is 4.79 Å². The highest BCUT2D eigenvalue weighted by Crippen LogP contribution is 2.43. The zero-order valence-corrected chi connectivity index (χ0v) is 25.9. The molecule has 0 radical (unpaired) electrons. The van der Waals surface area contributed by atoms with Crippen LogP contribution in [0.15, 0.2) is 66.7 Å². The van der Waals surface area contributed by atoms with Crippen LogP contribution in [0.25, 0.3) is 16.7 Å². The number of ketones is 1. The van der Waals surface area contributed by atoms with Gasteiger partial charge < -0.3 is 14.4 Å². The van der Waals surface area contributed by atoms with Gasteiger partial charge in [0.2, 0.25) is 0 Å². The molecule has 43 heavy (non-hydrogen) atoms. The van der Waals surface area contributed by atoms with Gasteiger partial charge in [-0.3, -0.25) is 4.79 Å². The zero-order valence-electron chi connectivity index (χ0n) is 25.1. The van der Waals surface area contributed by atoms with Crippen LogP contribution in [0.5, 0.6) is 0 Å². The second-order valence-electron chi connectivity index (χ2n) is 11.7. The first-order valence-corrected chi connectivity index (χ1v) is 16.8. The first-order valence-electron chi connectivity index (χ1n) is 15.7. The molecule has 1 aliphatic carbocycles. The maximum atomic E-state index is 13.6. The predicted molar refractivity (Wildman–Crippen MR) is 175 cm³/mol. The van der Waals surface area contributed by atoms with Crippen molar-refractivity contribution in [1.82, 2.24) is 14.8 Å². The molecule has 7 nitrogen and oxygen atoms in total. The summed E-state index contributed by atoms with van der Waals surface area (Å²) in [4.78, 5) is 21.1. The Kier molecular flexibility index (Phi) is 10.1. The zero-order chi connectivity index (χ0) is 29.4. The molecule has 2 aromatic carbocycles. The summed E-state index contributed by atoms with van der Waals surface area (Å²) >= 11 is 1.66. The number of rotatable bonds is 14. The molecule has 0 unspecified atom stereocenters. The highest BCUT2D eigenvalue weighted by molar-refractivity contribution is 7.99. The Labute approximate surface area is 259 Å². The fourth-order valence-corrected chi connectivity index (χ4v) is 6.87. The molecular weight excluding hydrogens is 556 g/mol. The molecule has 2 aliphatic rings. The fourth-order valence-electron chi connectivity index (χ4n) is 6.07. The number of ether oxygens (including phenoxy) is 2. The van der Waals surface area contributed by atoms with Gasteiger partial charge in [-0.25, -0.2) is 9.67 Å². The van der Waals surface area contributed by atoms with Crippen LogP contribution in [0, 0.1) is 5.92 Å². The van der Waals surface area contributed by atoms with E-state index in [-0.39, 0.29) is 5.78 Å². The average molecular weight is 599 g/mol. The maximum Gasteiger partial charge on any atom is 0.191 e. The molecule has 4 aromatic rings. The number of carbonyl (C=O) groups excluding carboxylic acids is 1. The van der Waals surface area contributed by atoms with E-state index in [4.69, 9.17) is 19.6 Å². The lowest BCUT2D eigenvalue weighted by atomic mass is 9.81. The van der Waals surface area contributed by atoms with Crippen molar-refractivity contribution in [3.05, 3.63) is 83.7 Å². The minimum absolute atomic E-state index is 0.0682. The van der Waals surface area contributed by atoms with Crippen molar-refractivity contribution in [3.63, 3.8) is 0 Å². The van der Waals surface area contributed by atoms with Crippen molar-refractivity contribution in [1.29, 1.82) is 0 Å². The number of aromatic nitrogens is 3. The number of pyridine rings is 1. The Morgan fingerprint density at radius 2 is 1.74 bits per heavy atom. The van der Waals surface area contributed by atoms with Gasteiger partial charge in [0.05, 0.1) is 34.8 Å². The molecule has 1 aliphatic heterocycles. The molecule has 2 aromatic heterocycles. The Balaban J connectivity index is 1.22. The Hall–Kier alpha value is -3.20. The number of piperidine rings is 1. The van der Waals surface area contributed by atoms with Gasteiger partial charge in [0.25, 0.3) is 0 Å². The number of thioether (sulfide) groups is 1. The lowest BCUT2D eigenvalue weighted by Gasteiger charge is -2.34. The third-order valence-corrected chi connectivity index (χ3v) is 9.75. The van der Waals surface area contributed by atoms with Crippen molar-refractivity contribution in [3.8, 4) is 5.69 Å². The normalized spacial score (nSPS) is 16.1. The van der Waals surface area contributed by atoms with Gasteiger partial charge in [-0.1, -0.05) is 55.0 Å². The lowest BCUT2D eigenvalue weighted by molar-refractivity contribution is 0.101. The minimum Gasteiger partial charge on any atom is -0.384 e. The van der Waals surface area contributed by atoms with E-state index >= 15 is 0 Å². The number of anilines is 1. The van der Waals surface area contributed by atoms with E-state index in [1.807, 2.05) is 41.1 Å². The summed E-state index contributed by atoms with van der Waals surface area (Å²) in [5, 5.41) is 6.31. The monoisotopic (exact) mass is 598 g/mol. The van der Waals surface area contributed by atoms with Gasteiger partial charge in [0, 0.05) is 39.3 Å². The van der Waals surface area contributed by atoms with Crippen LogP contribution in [0.4, 0.5) is 5.69 Å². The van der Waals surface area contributed by atoms with Gasteiger partial charge >= 0.3 is 0 Å². The van der Waals surface area contributed by atoms with Crippen molar-refractivity contribution in [2.45, 2.75) is 51.0 Å². The Morgan fingerprint density at radius 3 is 2.44 bits per heavy atom. The molecule has 2 fully saturated rings. The maximum absolute atomic E-state index is 13.6. The Bertz CT molecular complexity index is 1480. The molecular formula is C35H42N4O3S. The van der Waals surface area contributed by atoms with Gasteiger partial charge in [-0.05, 0) is 67.5 Å². The standard InChI is InChI=1S/C35H42N4O3S/c1-41-23-27-16-18-38(19-17-27)31-22-30(32(40)25-43-21-9-20-42-24-26-10-4-2-5-11-26)36-35-33(31)34(28-12-8-13-28)37-39(35)29-14-6-3-7-15-29/h2-7,10-11,14-15,22,27-28H,8-9,12-13,16-21,23-25H2,1H3. The van der Waals surface area contributed by atoms with Crippen LogP contribution in [-0.4, -0.2) is 65.5 Å². The van der Waals surface area contributed by atoms with E-state index < -0.39 is 0 Å². The van der Waals surface area contributed by atoms with Gasteiger partial charge in [-0.2, -0.15) is 16.9 Å². The lowest BCUT2D eigenvalue weighted by Crippen LogP contribution is -2.35. The van der Waals surface area contributed by atoms with Gasteiger partial charge in [-0.15, -0.1) is 0 Å². The molecule has 1 saturated heterocycles. The summed E-state index contributed by atoms with van der Waals surface area (Å²) in [5.74, 6) is 2.36. The fraction of sp³-hybridized carbons (Fsp3) is 0.457. The van der Waals surface area contributed by atoms with Crippen molar-refractivity contribution >= 4 is 34.3 Å². The van der Waals surface area contributed by atoms with Crippen LogP contribution >= 0.6 is 11.8 Å². The molecule has 226 valence electrons. The highest BCUT2D eigenvalue weighted by Gasteiger charge is 2.31. The number of nitrogens with zero attached hydrogens (tertiary/aromatic N) is 4. The number of Topliss-reactive ketones (excluding diaryl/α,β-unsaturated/α-hetero) is 1. The molecule has 0 N–H and O–H groups in total. The van der Waals surface area contributed by atoms with Crippen molar-refractivity contribution < 1.29 is 14.3 Å². The molecule has 0 atom stereocenters. The average Bonchev–Trinajstić information content (AvgIpc) is 3.39. The molecule has 0 amide bonds. The van der Waals surface area contributed by atoms with Crippen LogP contribution < -0.4 is 4.90 Å². The van der Waals surface area contributed by atoms with E-state index in [2.05, 4.69) is 35.2 Å². The summed E-state index contributed by atoms with van der Waals surface area (Å²) in [5.41, 5.74) is 5.74. The SMILES string of the molecule is COCC1CCN(c2cc(C(=O)CSCCCOCc3ccccc3)nc3c2c(C2CCC2)nn3-c2ccccc2)CC1. The van der Waals surface area contributed by atoms with Gasteiger partial charge in [0.1, 0.15) is 5.69 Å². The largest absolute Gasteiger partial charge is 0.384 e. The summed E-state index contributed by atoms with van der Waals surface area (Å²) in [6.07, 6.45) is 6.61. The second-order valence-corrected chi connectivity index (χ2v) is 12.8. The van der Waals surface area contributed by atoms with E-state index in [0.29, 0.717) is 36.5 Å². The topological polar surface area (TPSA) is 69.5 Å². The first-order chi connectivity index (χ1) is 21.2. The van der Waals surface area contributed by atoms with Crippen LogP contribution in [0.3, 0.4) is 0 Å². The molecule has 3 heterocycles. The highest BCUT2D eigenvalue weighted by atomic mass is 32.2. The van der Waals surface area contributed by atoms with Crippen molar-refractivity contribution in [2.24, 2.45) is 5.92 Å². The van der Waals surface area contributed by atoms with Gasteiger partial charge in [0.15, 0.2) is 11.4 Å².